The van der Waals surface area contributed by atoms with Crippen molar-refractivity contribution < 1.29 is 9.53 Å². The second-order valence-corrected chi connectivity index (χ2v) is 7.84. The molecule has 3 atom stereocenters. The van der Waals surface area contributed by atoms with Crippen molar-refractivity contribution in [1.82, 2.24) is 10.3 Å². The number of nitrogens with one attached hydrogen (secondary N) is 1. The maximum Gasteiger partial charge on any atom is 0.263 e. The lowest BCUT2D eigenvalue weighted by Crippen LogP contribution is -2.26. The fraction of sp³-hybridized carbons (Fsp3) is 0.474. The van der Waals surface area contributed by atoms with E-state index < -0.39 is 0 Å². The molecule has 1 heterocycles. The predicted octanol–water partition coefficient (Wildman–Crippen LogP) is 3.30. The van der Waals surface area contributed by atoms with Gasteiger partial charge in [-0.3, -0.25) is 4.79 Å². The third kappa shape index (κ3) is 2.76. The Bertz CT molecular complexity index is 770. The molecule has 1 amide bonds. The molecule has 4 rings (SSSR count). The topological polar surface area (TPSA) is 51.2 Å². The first-order valence-corrected chi connectivity index (χ1v) is 9.32. The molecular weight excluding hydrogens is 320 g/mol. The second kappa shape index (κ2) is 6.30. The van der Waals surface area contributed by atoms with Crippen LogP contribution in [0.15, 0.2) is 24.3 Å². The van der Waals surface area contributed by atoms with E-state index in [1.807, 2.05) is 6.92 Å². The lowest BCUT2D eigenvalue weighted by atomic mass is 9.92. The zero-order valence-corrected chi connectivity index (χ0v) is 14.9. The Morgan fingerprint density at radius 3 is 3.08 bits per heavy atom. The molecule has 3 unspecified atom stereocenters. The molecule has 0 spiro atoms. The second-order valence-electron chi connectivity index (χ2n) is 6.76. The molecular formula is C19H22N2O2S. The third-order valence-electron chi connectivity index (χ3n) is 5.31. The summed E-state index contributed by atoms with van der Waals surface area (Å²) in [5.41, 5.74) is 3.79. The van der Waals surface area contributed by atoms with Crippen molar-refractivity contribution in [3.8, 4) is 0 Å². The van der Waals surface area contributed by atoms with E-state index in [-0.39, 0.29) is 5.91 Å². The smallest absolute Gasteiger partial charge is 0.263 e. The van der Waals surface area contributed by atoms with E-state index >= 15 is 0 Å². The Balaban J connectivity index is 1.39. The zero-order valence-electron chi connectivity index (χ0n) is 14.0. The van der Waals surface area contributed by atoms with Gasteiger partial charge in [-0.15, -0.1) is 11.3 Å². The molecule has 1 aromatic heterocycles. The van der Waals surface area contributed by atoms with Crippen molar-refractivity contribution in [2.24, 2.45) is 11.8 Å². The van der Waals surface area contributed by atoms with Crippen LogP contribution >= 0.6 is 11.3 Å². The number of nitrogens with zero attached hydrogens (tertiary/aromatic N) is 1. The maximum atomic E-state index is 12.5. The molecule has 0 radical (unpaired) electrons. The van der Waals surface area contributed by atoms with Crippen LogP contribution in [0.25, 0.3) is 0 Å². The standard InChI is InChI=1S/C19H22N2O2S/c1-11-18(24-16(21-11)10-23-2)19(22)20-9-15-14-8-7-12-5-3-4-6-13(12)17(14)15/h3-6,14-15,17H,7-10H2,1-2H3,(H,20,22). The highest BCUT2D eigenvalue weighted by molar-refractivity contribution is 7.13. The van der Waals surface area contributed by atoms with E-state index in [1.54, 1.807) is 7.11 Å². The molecule has 126 valence electrons. The minimum absolute atomic E-state index is 0.00397. The molecule has 0 aliphatic heterocycles. The molecule has 4 nitrogen and oxygen atoms in total. The summed E-state index contributed by atoms with van der Waals surface area (Å²) < 4.78 is 5.10. The molecule has 2 aliphatic carbocycles. The highest BCUT2D eigenvalue weighted by Crippen LogP contribution is 2.59. The first-order chi connectivity index (χ1) is 11.7. The number of carbonyl (C=O) groups is 1. The zero-order chi connectivity index (χ0) is 16.7. The summed E-state index contributed by atoms with van der Waals surface area (Å²) >= 11 is 1.43. The van der Waals surface area contributed by atoms with Gasteiger partial charge >= 0.3 is 0 Å². The number of carbonyl (C=O) groups excluding carboxylic acids is 1. The number of aryl methyl sites for hydroxylation is 2. The van der Waals surface area contributed by atoms with Crippen LogP contribution < -0.4 is 5.32 Å². The van der Waals surface area contributed by atoms with Crippen molar-refractivity contribution in [3.05, 3.63) is 51.0 Å². The summed E-state index contributed by atoms with van der Waals surface area (Å²) in [6, 6.07) is 8.77. The number of ether oxygens (including phenoxy) is 1. The number of fused-ring (bicyclic) bond motifs is 3. The van der Waals surface area contributed by atoms with Crippen LogP contribution in [0.1, 0.15) is 43.8 Å². The van der Waals surface area contributed by atoms with Gasteiger partial charge in [0.25, 0.3) is 5.91 Å². The van der Waals surface area contributed by atoms with E-state index in [0.29, 0.717) is 23.3 Å². The largest absolute Gasteiger partial charge is 0.378 e. The molecule has 1 saturated carbocycles. The van der Waals surface area contributed by atoms with Crippen LogP contribution in [0.5, 0.6) is 0 Å². The number of hydrogen-bond acceptors (Lipinski definition) is 4. The van der Waals surface area contributed by atoms with Crippen molar-refractivity contribution in [3.63, 3.8) is 0 Å². The number of benzene rings is 1. The van der Waals surface area contributed by atoms with Crippen molar-refractivity contribution in [1.29, 1.82) is 0 Å². The average molecular weight is 342 g/mol. The van der Waals surface area contributed by atoms with Gasteiger partial charge in [-0.25, -0.2) is 4.98 Å². The monoisotopic (exact) mass is 342 g/mol. The first-order valence-electron chi connectivity index (χ1n) is 8.50. The summed E-state index contributed by atoms with van der Waals surface area (Å²) in [4.78, 5) is 17.6. The van der Waals surface area contributed by atoms with Crippen molar-refractivity contribution >= 4 is 17.2 Å². The van der Waals surface area contributed by atoms with Gasteiger partial charge in [0.1, 0.15) is 9.88 Å². The van der Waals surface area contributed by atoms with Gasteiger partial charge in [0, 0.05) is 13.7 Å². The number of rotatable bonds is 5. The SMILES string of the molecule is COCc1nc(C)c(C(=O)NCC2C3CCc4ccccc4C32)s1. The molecule has 1 aromatic carbocycles. The lowest BCUT2D eigenvalue weighted by Gasteiger charge is -2.13. The van der Waals surface area contributed by atoms with Gasteiger partial charge in [-0.05, 0) is 48.6 Å². The number of amides is 1. The van der Waals surface area contributed by atoms with Gasteiger partial charge < -0.3 is 10.1 Å². The van der Waals surface area contributed by atoms with Gasteiger partial charge in [-0.1, -0.05) is 24.3 Å². The van der Waals surface area contributed by atoms with E-state index in [4.69, 9.17) is 4.74 Å². The Kier molecular flexibility index (Phi) is 4.14. The molecule has 2 aromatic rings. The van der Waals surface area contributed by atoms with E-state index in [9.17, 15) is 4.79 Å². The molecule has 2 aliphatic rings. The Morgan fingerprint density at radius 2 is 2.25 bits per heavy atom. The van der Waals surface area contributed by atoms with Crippen molar-refractivity contribution in [2.75, 3.05) is 13.7 Å². The summed E-state index contributed by atoms with van der Waals surface area (Å²) in [7, 11) is 1.64. The van der Waals surface area contributed by atoms with Crippen LogP contribution in [0.2, 0.25) is 0 Å². The predicted molar refractivity (Wildman–Crippen MR) is 94.4 cm³/mol. The Morgan fingerprint density at radius 1 is 1.42 bits per heavy atom. The van der Waals surface area contributed by atoms with E-state index in [0.717, 1.165) is 23.2 Å². The summed E-state index contributed by atoms with van der Waals surface area (Å²) in [5.74, 6) is 1.97. The molecule has 0 bridgehead atoms. The summed E-state index contributed by atoms with van der Waals surface area (Å²) in [5, 5.41) is 3.99. The Hall–Kier alpha value is -1.72. The quantitative estimate of drug-likeness (QED) is 0.907. The molecule has 24 heavy (non-hydrogen) atoms. The van der Waals surface area contributed by atoms with Gasteiger partial charge in [0.2, 0.25) is 0 Å². The highest BCUT2D eigenvalue weighted by atomic mass is 32.1. The van der Waals surface area contributed by atoms with Crippen LogP contribution in [0, 0.1) is 18.8 Å². The van der Waals surface area contributed by atoms with Crippen LogP contribution in [-0.4, -0.2) is 24.5 Å². The molecule has 0 saturated heterocycles. The highest BCUT2D eigenvalue weighted by Gasteiger charge is 2.52. The fourth-order valence-corrected chi connectivity index (χ4v) is 5.08. The summed E-state index contributed by atoms with van der Waals surface area (Å²) in [6.45, 7) is 3.11. The number of hydrogen-bond donors (Lipinski definition) is 1. The lowest BCUT2D eigenvalue weighted by molar-refractivity contribution is 0.0954. The summed E-state index contributed by atoms with van der Waals surface area (Å²) in [6.07, 6.45) is 2.43. The average Bonchev–Trinajstić information content (AvgIpc) is 3.19. The maximum absolute atomic E-state index is 12.5. The van der Waals surface area contributed by atoms with Gasteiger partial charge in [0.15, 0.2) is 0 Å². The van der Waals surface area contributed by atoms with Gasteiger partial charge in [0.05, 0.1) is 12.3 Å². The molecule has 5 heteroatoms. The number of thiazole rings is 1. The minimum atomic E-state index is 0.00397. The first kappa shape index (κ1) is 15.8. The fourth-order valence-electron chi connectivity index (χ4n) is 4.13. The van der Waals surface area contributed by atoms with Crippen LogP contribution in [0.3, 0.4) is 0 Å². The molecule has 1 N–H and O–H groups in total. The van der Waals surface area contributed by atoms with Crippen LogP contribution in [0.4, 0.5) is 0 Å². The third-order valence-corrected chi connectivity index (χ3v) is 6.44. The number of aromatic nitrogens is 1. The van der Waals surface area contributed by atoms with E-state index in [1.165, 1.54) is 35.3 Å². The van der Waals surface area contributed by atoms with Crippen molar-refractivity contribution in [2.45, 2.75) is 32.3 Å². The molecule has 1 fully saturated rings. The van der Waals surface area contributed by atoms with E-state index in [2.05, 4.69) is 34.6 Å². The van der Waals surface area contributed by atoms with Gasteiger partial charge in [-0.2, -0.15) is 0 Å². The van der Waals surface area contributed by atoms with Crippen LogP contribution in [-0.2, 0) is 17.8 Å². The Labute approximate surface area is 146 Å². The number of methoxy groups -OCH3 is 1. The minimum Gasteiger partial charge on any atom is -0.378 e. The normalized spacial score (nSPS) is 24.2.